The van der Waals surface area contributed by atoms with Crippen LogP contribution in [0.15, 0.2) is 0 Å². The Kier molecular flexibility index (Phi) is 4.13. The minimum Gasteiger partial charge on any atom is -0.396 e. The zero-order valence-corrected chi connectivity index (χ0v) is 10.2. The Morgan fingerprint density at radius 3 is 2.89 bits per heavy atom. The summed E-state index contributed by atoms with van der Waals surface area (Å²) >= 11 is 0. The predicted octanol–water partition coefficient (Wildman–Crippen LogP) is -0.0803. The van der Waals surface area contributed by atoms with Crippen molar-refractivity contribution in [2.75, 3.05) is 13.2 Å². The van der Waals surface area contributed by atoms with Crippen molar-refractivity contribution in [1.82, 2.24) is 10.2 Å². The molecular formula is C11H19N3O4. The highest BCUT2D eigenvalue weighted by atomic mass is 16.6. The lowest BCUT2D eigenvalue weighted by atomic mass is 9.96. The van der Waals surface area contributed by atoms with E-state index in [1.165, 1.54) is 0 Å². The quantitative estimate of drug-likeness (QED) is 0.544. The summed E-state index contributed by atoms with van der Waals surface area (Å²) in [5, 5.41) is 22.9. The molecule has 0 aromatic heterocycles. The van der Waals surface area contributed by atoms with Gasteiger partial charge in [-0.2, -0.15) is 0 Å². The van der Waals surface area contributed by atoms with Crippen molar-refractivity contribution in [3.8, 4) is 0 Å². The molecule has 3 atom stereocenters. The van der Waals surface area contributed by atoms with Crippen molar-refractivity contribution in [2.24, 2.45) is 5.92 Å². The summed E-state index contributed by atoms with van der Waals surface area (Å²) in [6, 6.07) is 0. The van der Waals surface area contributed by atoms with Crippen molar-refractivity contribution in [1.29, 1.82) is 0 Å². The topological polar surface area (TPSA) is 95.7 Å². The highest BCUT2D eigenvalue weighted by Gasteiger charge is 2.36. The van der Waals surface area contributed by atoms with Gasteiger partial charge in [-0.05, 0) is 19.3 Å². The molecule has 2 heterocycles. The molecule has 0 bridgehead atoms. The van der Waals surface area contributed by atoms with Crippen LogP contribution < -0.4 is 5.32 Å². The van der Waals surface area contributed by atoms with Gasteiger partial charge in [0.1, 0.15) is 0 Å². The Balaban J connectivity index is 2.00. The Morgan fingerprint density at radius 2 is 2.22 bits per heavy atom. The van der Waals surface area contributed by atoms with Gasteiger partial charge in [0.25, 0.3) is 6.17 Å². The third-order valence-corrected chi connectivity index (χ3v) is 3.77. The van der Waals surface area contributed by atoms with Crippen molar-refractivity contribution >= 4 is 5.91 Å². The molecule has 2 aliphatic heterocycles. The molecule has 0 aliphatic carbocycles. The first-order valence-electron chi connectivity index (χ1n) is 6.41. The van der Waals surface area contributed by atoms with Crippen LogP contribution in [0.4, 0.5) is 0 Å². The van der Waals surface area contributed by atoms with Gasteiger partial charge in [0, 0.05) is 36.8 Å². The molecule has 2 N–H and O–H groups in total. The first kappa shape index (κ1) is 13.2. The van der Waals surface area contributed by atoms with Gasteiger partial charge < -0.3 is 10.0 Å². The fraction of sp³-hybridized carbons (Fsp3) is 0.909. The Morgan fingerprint density at radius 1 is 1.44 bits per heavy atom. The summed E-state index contributed by atoms with van der Waals surface area (Å²) in [4.78, 5) is 24.0. The number of rotatable bonds is 3. The van der Waals surface area contributed by atoms with E-state index in [4.69, 9.17) is 5.11 Å². The van der Waals surface area contributed by atoms with Crippen molar-refractivity contribution < 1.29 is 14.8 Å². The zero-order valence-electron chi connectivity index (χ0n) is 10.2. The van der Waals surface area contributed by atoms with E-state index < -0.39 is 6.17 Å². The Labute approximate surface area is 105 Å². The normalized spacial score (nSPS) is 33.5. The molecule has 2 aliphatic rings. The maximum atomic E-state index is 11.9. The number of hydrogen-bond acceptors (Lipinski definition) is 5. The number of carbonyl (C=O) groups is 1. The molecule has 1 amide bonds. The second kappa shape index (κ2) is 5.62. The molecule has 0 aromatic carbocycles. The van der Waals surface area contributed by atoms with E-state index in [9.17, 15) is 14.9 Å². The number of nitrogens with zero attached hydrogens (tertiary/aromatic N) is 2. The van der Waals surface area contributed by atoms with Crippen LogP contribution in [0, 0.1) is 16.0 Å². The monoisotopic (exact) mass is 257 g/mol. The summed E-state index contributed by atoms with van der Waals surface area (Å²) in [7, 11) is 0. The maximum Gasteiger partial charge on any atom is 0.267 e. The lowest BCUT2D eigenvalue weighted by molar-refractivity contribution is -0.534. The third-order valence-electron chi connectivity index (χ3n) is 3.77. The summed E-state index contributed by atoms with van der Waals surface area (Å²) in [5.41, 5.74) is 0. The van der Waals surface area contributed by atoms with Crippen LogP contribution >= 0.6 is 0 Å². The van der Waals surface area contributed by atoms with Gasteiger partial charge in [-0.25, -0.2) is 5.32 Å². The molecular weight excluding hydrogens is 238 g/mol. The number of amides is 1. The molecule has 18 heavy (non-hydrogen) atoms. The lowest BCUT2D eigenvalue weighted by Crippen LogP contribution is -2.58. The molecule has 0 saturated carbocycles. The van der Waals surface area contributed by atoms with Gasteiger partial charge in [-0.3, -0.25) is 14.9 Å². The van der Waals surface area contributed by atoms with Crippen LogP contribution in [-0.2, 0) is 4.79 Å². The van der Waals surface area contributed by atoms with Gasteiger partial charge in [0.05, 0.1) is 6.17 Å². The molecule has 2 rings (SSSR count). The summed E-state index contributed by atoms with van der Waals surface area (Å²) < 4.78 is 0. The molecule has 7 heteroatoms. The lowest BCUT2D eigenvalue weighted by Gasteiger charge is -2.40. The average molecular weight is 257 g/mol. The summed E-state index contributed by atoms with van der Waals surface area (Å²) in [6.07, 6.45) is 2.12. The van der Waals surface area contributed by atoms with Gasteiger partial charge in [0.2, 0.25) is 5.91 Å². The van der Waals surface area contributed by atoms with Crippen LogP contribution in [0.1, 0.15) is 32.1 Å². The van der Waals surface area contributed by atoms with Gasteiger partial charge >= 0.3 is 0 Å². The third kappa shape index (κ3) is 2.78. The molecule has 2 saturated heterocycles. The highest BCUT2D eigenvalue weighted by Crippen LogP contribution is 2.23. The van der Waals surface area contributed by atoms with E-state index in [1.54, 1.807) is 4.90 Å². The van der Waals surface area contributed by atoms with Crippen LogP contribution in [0.25, 0.3) is 0 Å². The van der Waals surface area contributed by atoms with E-state index in [0.717, 1.165) is 12.8 Å². The van der Waals surface area contributed by atoms with Crippen LogP contribution in [0.2, 0.25) is 0 Å². The first-order chi connectivity index (χ1) is 8.61. The van der Waals surface area contributed by atoms with E-state index in [2.05, 4.69) is 5.32 Å². The van der Waals surface area contributed by atoms with Crippen LogP contribution in [0.3, 0.4) is 0 Å². The fourth-order valence-electron chi connectivity index (χ4n) is 2.70. The molecule has 2 fully saturated rings. The van der Waals surface area contributed by atoms with Crippen molar-refractivity contribution in [2.45, 2.75) is 44.4 Å². The van der Waals surface area contributed by atoms with Crippen molar-refractivity contribution in [3.63, 3.8) is 0 Å². The molecule has 3 unspecified atom stereocenters. The number of likely N-dealkylation sites (tertiary alicyclic amines) is 1. The number of nitrogens with one attached hydrogen (secondary N) is 1. The number of hydrogen-bond donors (Lipinski definition) is 2. The standard InChI is InChI=1S/C11H19N3O4/c15-7-8-4-5-11(16)13(6-8)9-2-1-3-10(12-9)14(17)18/h8-10,12,15H,1-7H2. The van der Waals surface area contributed by atoms with E-state index in [-0.39, 0.29) is 29.5 Å². The number of carbonyl (C=O) groups excluding carboxylic acids is 1. The van der Waals surface area contributed by atoms with Crippen LogP contribution in [-0.4, -0.2) is 46.3 Å². The Bertz CT molecular complexity index is 336. The summed E-state index contributed by atoms with van der Waals surface area (Å²) in [5.74, 6) is 0.127. The second-order valence-corrected chi connectivity index (χ2v) is 5.05. The molecule has 0 spiro atoms. The molecule has 0 radical (unpaired) electrons. The van der Waals surface area contributed by atoms with E-state index in [1.807, 2.05) is 0 Å². The van der Waals surface area contributed by atoms with Gasteiger partial charge in [0.15, 0.2) is 0 Å². The minimum atomic E-state index is -0.758. The fourth-order valence-corrected chi connectivity index (χ4v) is 2.70. The molecule has 102 valence electrons. The van der Waals surface area contributed by atoms with Crippen molar-refractivity contribution in [3.05, 3.63) is 10.1 Å². The summed E-state index contributed by atoms with van der Waals surface area (Å²) in [6.45, 7) is 0.562. The molecule has 0 aromatic rings. The number of aliphatic hydroxyl groups is 1. The zero-order chi connectivity index (χ0) is 13.1. The maximum absolute atomic E-state index is 11.9. The van der Waals surface area contributed by atoms with E-state index in [0.29, 0.717) is 25.8 Å². The van der Waals surface area contributed by atoms with Gasteiger partial charge in [-0.1, -0.05) is 0 Å². The first-order valence-corrected chi connectivity index (χ1v) is 6.41. The Hall–Kier alpha value is -1.21. The number of piperidine rings is 2. The second-order valence-electron chi connectivity index (χ2n) is 5.05. The van der Waals surface area contributed by atoms with E-state index >= 15 is 0 Å². The number of nitro groups is 1. The average Bonchev–Trinajstić information content (AvgIpc) is 2.39. The largest absolute Gasteiger partial charge is 0.396 e. The minimum absolute atomic E-state index is 0.0289. The number of aliphatic hydroxyl groups excluding tert-OH is 1. The smallest absolute Gasteiger partial charge is 0.267 e. The molecule has 7 nitrogen and oxygen atoms in total. The highest BCUT2D eigenvalue weighted by molar-refractivity contribution is 5.77. The van der Waals surface area contributed by atoms with Gasteiger partial charge in [-0.15, -0.1) is 0 Å². The SMILES string of the molecule is O=C1CCC(CO)CN1C1CCCC([N+](=O)[O-])N1. The predicted molar refractivity (Wildman–Crippen MR) is 63.1 cm³/mol. The van der Waals surface area contributed by atoms with Crippen LogP contribution in [0.5, 0.6) is 0 Å².